The summed E-state index contributed by atoms with van der Waals surface area (Å²) in [5, 5.41) is 3.44. The topological polar surface area (TPSA) is 46.0 Å². The molecular formula is C16H22FN5. The van der Waals surface area contributed by atoms with Crippen LogP contribution in [0.1, 0.15) is 17.5 Å². The molecule has 3 rings (SSSR count). The number of aromatic nitrogens is 3. The number of hydrogen-bond acceptors (Lipinski definition) is 4. The zero-order valence-corrected chi connectivity index (χ0v) is 12.8. The lowest BCUT2D eigenvalue weighted by Crippen LogP contribution is -2.37. The first kappa shape index (κ1) is 15.1. The normalized spacial score (nSPS) is 22.3. The number of rotatable bonds is 6. The van der Waals surface area contributed by atoms with Crippen LogP contribution in [0.15, 0.2) is 37.2 Å². The minimum atomic E-state index is -0.742. The van der Waals surface area contributed by atoms with Gasteiger partial charge in [-0.1, -0.05) is 0 Å². The first-order valence-corrected chi connectivity index (χ1v) is 7.64. The maximum Gasteiger partial charge on any atom is 0.115 e. The maximum absolute atomic E-state index is 13.8. The third-order valence-electron chi connectivity index (χ3n) is 4.08. The summed E-state index contributed by atoms with van der Waals surface area (Å²) in [4.78, 5) is 10.2. The molecule has 118 valence electrons. The fourth-order valence-electron chi connectivity index (χ4n) is 3.02. The van der Waals surface area contributed by atoms with Crippen LogP contribution in [0.5, 0.6) is 0 Å². The monoisotopic (exact) mass is 303 g/mol. The lowest BCUT2D eigenvalue weighted by atomic mass is 10.2. The van der Waals surface area contributed by atoms with Crippen molar-refractivity contribution in [2.75, 3.05) is 13.1 Å². The van der Waals surface area contributed by atoms with Crippen molar-refractivity contribution >= 4 is 0 Å². The highest BCUT2D eigenvalue weighted by atomic mass is 19.1. The quantitative estimate of drug-likeness (QED) is 0.879. The molecule has 2 atom stereocenters. The van der Waals surface area contributed by atoms with E-state index in [-0.39, 0.29) is 6.04 Å². The zero-order valence-electron chi connectivity index (χ0n) is 12.8. The van der Waals surface area contributed by atoms with Gasteiger partial charge in [0.25, 0.3) is 0 Å². The Kier molecular flexibility index (Phi) is 4.80. The van der Waals surface area contributed by atoms with Gasteiger partial charge in [0.1, 0.15) is 12.5 Å². The van der Waals surface area contributed by atoms with Gasteiger partial charge in [0.2, 0.25) is 0 Å². The summed E-state index contributed by atoms with van der Waals surface area (Å²) in [6.45, 7) is 2.81. The molecule has 5 nitrogen and oxygen atoms in total. The number of likely N-dealkylation sites (tertiary alicyclic amines) is 1. The Morgan fingerprint density at radius 3 is 2.86 bits per heavy atom. The fraction of sp³-hybridized carbons (Fsp3) is 0.500. The molecule has 0 unspecified atom stereocenters. The van der Waals surface area contributed by atoms with Gasteiger partial charge < -0.3 is 9.88 Å². The summed E-state index contributed by atoms with van der Waals surface area (Å²) in [6, 6.07) is 2.32. The van der Waals surface area contributed by atoms with Gasteiger partial charge in [-0.3, -0.25) is 4.90 Å². The van der Waals surface area contributed by atoms with E-state index >= 15 is 0 Å². The first-order valence-electron chi connectivity index (χ1n) is 7.64. The fourth-order valence-corrected chi connectivity index (χ4v) is 3.02. The molecule has 1 aliphatic rings. The number of alkyl halides is 1. The van der Waals surface area contributed by atoms with Gasteiger partial charge in [-0.2, -0.15) is 0 Å². The first-order chi connectivity index (χ1) is 10.7. The second-order valence-electron chi connectivity index (χ2n) is 5.98. The Morgan fingerprint density at radius 1 is 1.32 bits per heavy atom. The zero-order chi connectivity index (χ0) is 15.4. The predicted octanol–water partition coefficient (Wildman–Crippen LogP) is 1.52. The molecule has 0 aliphatic carbocycles. The molecule has 1 fully saturated rings. The van der Waals surface area contributed by atoms with Crippen LogP contribution in [0.3, 0.4) is 0 Å². The number of aryl methyl sites for hydroxylation is 1. The summed E-state index contributed by atoms with van der Waals surface area (Å²) in [5.74, 6) is 0. The van der Waals surface area contributed by atoms with Crippen molar-refractivity contribution in [1.29, 1.82) is 0 Å². The van der Waals surface area contributed by atoms with Gasteiger partial charge in [0, 0.05) is 69.6 Å². The van der Waals surface area contributed by atoms with E-state index in [0.717, 1.165) is 18.7 Å². The largest absolute Gasteiger partial charge is 0.357 e. The number of hydrogen-bond donors (Lipinski definition) is 1. The number of halogens is 1. The maximum atomic E-state index is 13.8. The molecule has 22 heavy (non-hydrogen) atoms. The van der Waals surface area contributed by atoms with E-state index in [9.17, 15) is 4.39 Å². The van der Waals surface area contributed by atoms with Crippen molar-refractivity contribution in [3.05, 3.63) is 48.3 Å². The van der Waals surface area contributed by atoms with Gasteiger partial charge in [0.15, 0.2) is 0 Å². The molecule has 0 saturated carbocycles. The smallest absolute Gasteiger partial charge is 0.115 e. The van der Waals surface area contributed by atoms with Crippen molar-refractivity contribution in [3.8, 4) is 0 Å². The molecule has 0 aromatic carbocycles. The molecule has 0 bridgehead atoms. The van der Waals surface area contributed by atoms with Crippen molar-refractivity contribution < 1.29 is 4.39 Å². The molecule has 2 aromatic rings. The minimum absolute atomic E-state index is 0.221. The van der Waals surface area contributed by atoms with E-state index in [2.05, 4.69) is 32.4 Å². The van der Waals surface area contributed by atoms with Crippen molar-refractivity contribution in [2.24, 2.45) is 7.05 Å². The molecule has 1 saturated heterocycles. The van der Waals surface area contributed by atoms with Crippen molar-refractivity contribution in [1.82, 2.24) is 24.8 Å². The minimum Gasteiger partial charge on any atom is -0.357 e. The van der Waals surface area contributed by atoms with Gasteiger partial charge in [0.05, 0.1) is 0 Å². The number of nitrogens with zero attached hydrogens (tertiary/aromatic N) is 4. The highest BCUT2D eigenvalue weighted by molar-refractivity contribution is 5.09. The standard InChI is InChI=1S/C16H22FN5/c1-21-3-2-13(9-21)5-18-8-16-4-15(17)11-22(16)10-14-6-19-12-20-7-14/h2-3,6-7,9,12,15-16,18H,4-5,8,10-11H2,1H3/t15-,16-/m0/s1. The third-order valence-corrected chi connectivity index (χ3v) is 4.08. The van der Waals surface area contributed by atoms with Crippen LogP contribution >= 0.6 is 0 Å². The summed E-state index contributed by atoms with van der Waals surface area (Å²) in [7, 11) is 2.01. The Morgan fingerprint density at radius 2 is 2.14 bits per heavy atom. The average molecular weight is 303 g/mol. The van der Waals surface area contributed by atoms with E-state index in [0.29, 0.717) is 19.5 Å². The Hall–Kier alpha value is -1.79. The van der Waals surface area contributed by atoms with Crippen LogP contribution in [-0.4, -0.2) is 44.7 Å². The number of nitrogens with one attached hydrogen (secondary N) is 1. The second-order valence-corrected chi connectivity index (χ2v) is 5.98. The summed E-state index contributed by atoms with van der Waals surface area (Å²) < 4.78 is 15.8. The summed E-state index contributed by atoms with van der Waals surface area (Å²) in [5.41, 5.74) is 2.28. The SMILES string of the molecule is Cn1ccc(CNC[C@@H]2C[C@H](F)CN2Cc2cncnc2)c1. The highest BCUT2D eigenvalue weighted by Crippen LogP contribution is 2.22. The van der Waals surface area contributed by atoms with Crippen LogP contribution in [0.4, 0.5) is 4.39 Å². The van der Waals surface area contributed by atoms with Crippen LogP contribution < -0.4 is 5.32 Å². The molecular weight excluding hydrogens is 281 g/mol. The molecule has 3 heterocycles. The van der Waals surface area contributed by atoms with E-state index in [1.807, 2.05) is 17.8 Å². The van der Waals surface area contributed by atoms with Crippen molar-refractivity contribution in [3.63, 3.8) is 0 Å². The molecule has 1 N–H and O–H groups in total. The van der Waals surface area contributed by atoms with Gasteiger partial charge in [-0.15, -0.1) is 0 Å². The van der Waals surface area contributed by atoms with Gasteiger partial charge >= 0.3 is 0 Å². The highest BCUT2D eigenvalue weighted by Gasteiger charge is 2.31. The molecule has 2 aromatic heterocycles. The Labute approximate surface area is 130 Å². The van der Waals surface area contributed by atoms with Gasteiger partial charge in [-0.25, -0.2) is 14.4 Å². The van der Waals surface area contributed by atoms with E-state index in [1.165, 1.54) is 11.9 Å². The molecule has 1 aliphatic heterocycles. The van der Waals surface area contributed by atoms with E-state index in [1.54, 1.807) is 12.4 Å². The van der Waals surface area contributed by atoms with Crippen LogP contribution in [0.2, 0.25) is 0 Å². The predicted molar refractivity (Wildman–Crippen MR) is 82.9 cm³/mol. The molecule has 0 spiro atoms. The Bertz CT molecular complexity index is 585. The van der Waals surface area contributed by atoms with Crippen LogP contribution in [0, 0.1) is 0 Å². The molecule has 0 radical (unpaired) electrons. The van der Waals surface area contributed by atoms with E-state index < -0.39 is 6.17 Å². The lowest BCUT2D eigenvalue weighted by Gasteiger charge is -2.24. The molecule has 0 amide bonds. The summed E-state index contributed by atoms with van der Waals surface area (Å²) in [6.07, 6.45) is 9.10. The van der Waals surface area contributed by atoms with Crippen molar-refractivity contribution in [2.45, 2.75) is 31.7 Å². The van der Waals surface area contributed by atoms with E-state index in [4.69, 9.17) is 0 Å². The van der Waals surface area contributed by atoms with Crippen LogP contribution in [-0.2, 0) is 20.1 Å². The Balaban J connectivity index is 1.52. The average Bonchev–Trinajstić information content (AvgIpc) is 3.06. The second kappa shape index (κ2) is 6.98. The van der Waals surface area contributed by atoms with Gasteiger partial charge in [-0.05, 0) is 18.1 Å². The lowest BCUT2D eigenvalue weighted by molar-refractivity contribution is 0.229. The molecule has 6 heteroatoms. The van der Waals surface area contributed by atoms with Crippen LogP contribution in [0.25, 0.3) is 0 Å². The third kappa shape index (κ3) is 3.90. The summed E-state index contributed by atoms with van der Waals surface area (Å²) >= 11 is 0.